The van der Waals surface area contributed by atoms with Crippen LogP contribution < -0.4 is 0 Å². The smallest absolute Gasteiger partial charge is 0.253 e. The van der Waals surface area contributed by atoms with Crippen molar-refractivity contribution in [3.63, 3.8) is 0 Å². The lowest BCUT2D eigenvalue weighted by Crippen LogP contribution is -2.27. The Balaban J connectivity index is 2.72. The van der Waals surface area contributed by atoms with Gasteiger partial charge in [0.1, 0.15) is 0 Å². The van der Waals surface area contributed by atoms with Gasteiger partial charge < -0.3 is 4.90 Å². The van der Waals surface area contributed by atoms with Crippen molar-refractivity contribution >= 4 is 5.91 Å². The second kappa shape index (κ2) is 5.11. The third-order valence-corrected chi connectivity index (χ3v) is 2.05. The number of aryl methyl sites for hydroxylation is 1. The molecule has 1 rings (SSSR count). The number of pyridine rings is 1. The van der Waals surface area contributed by atoms with Gasteiger partial charge in [-0.05, 0) is 19.1 Å². The average Bonchev–Trinajstić information content (AvgIpc) is 2.24. The molecule has 1 aromatic heterocycles. The molecule has 0 saturated carbocycles. The average molecular weight is 203 g/mol. The summed E-state index contributed by atoms with van der Waals surface area (Å²) in [5.74, 6) is -0.0734. The van der Waals surface area contributed by atoms with E-state index in [1.165, 1.54) is 4.90 Å². The molecule has 4 heteroatoms. The van der Waals surface area contributed by atoms with Crippen LogP contribution in [0.25, 0.3) is 0 Å². The molecule has 1 aromatic rings. The van der Waals surface area contributed by atoms with Gasteiger partial charge in [-0.25, -0.2) is 0 Å². The molecule has 0 radical (unpaired) electrons. The summed E-state index contributed by atoms with van der Waals surface area (Å²) >= 11 is 0. The maximum absolute atomic E-state index is 11.8. The first-order valence-electron chi connectivity index (χ1n) is 4.70. The molecule has 0 aliphatic heterocycles. The minimum absolute atomic E-state index is 0.0734. The van der Waals surface area contributed by atoms with Crippen LogP contribution in [0.3, 0.4) is 0 Å². The van der Waals surface area contributed by atoms with E-state index in [9.17, 15) is 4.79 Å². The van der Waals surface area contributed by atoms with Crippen molar-refractivity contribution < 1.29 is 4.79 Å². The predicted molar refractivity (Wildman–Crippen MR) is 56.2 cm³/mol. The van der Waals surface area contributed by atoms with Gasteiger partial charge in [-0.2, -0.15) is 5.26 Å². The van der Waals surface area contributed by atoms with Crippen molar-refractivity contribution in [3.8, 4) is 6.07 Å². The van der Waals surface area contributed by atoms with Crippen LogP contribution in [0.15, 0.2) is 18.3 Å². The highest BCUT2D eigenvalue weighted by Crippen LogP contribution is 2.04. The minimum Gasteiger partial charge on any atom is -0.341 e. The first kappa shape index (κ1) is 11.2. The number of hydrogen-bond donors (Lipinski definition) is 0. The number of amides is 1. The summed E-state index contributed by atoms with van der Waals surface area (Å²) in [5, 5.41) is 8.41. The van der Waals surface area contributed by atoms with Gasteiger partial charge >= 0.3 is 0 Å². The lowest BCUT2D eigenvalue weighted by molar-refractivity contribution is 0.0798. The second-order valence-corrected chi connectivity index (χ2v) is 3.32. The quantitative estimate of drug-likeness (QED) is 0.745. The van der Waals surface area contributed by atoms with E-state index in [0.29, 0.717) is 18.5 Å². The third-order valence-electron chi connectivity index (χ3n) is 2.05. The zero-order valence-electron chi connectivity index (χ0n) is 8.90. The molecule has 78 valence electrons. The molecule has 0 aliphatic rings. The molecular weight excluding hydrogens is 190 g/mol. The number of rotatable bonds is 3. The van der Waals surface area contributed by atoms with Crippen LogP contribution in [0.1, 0.15) is 22.5 Å². The Hall–Kier alpha value is -1.89. The number of carbonyl (C=O) groups excluding carboxylic acids is 1. The fraction of sp³-hybridized carbons (Fsp3) is 0.364. The molecule has 0 fully saturated rings. The second-order valence-electron chi connectivity index (χ2n) is 3.32. The Kier molecular flexibility index (Phi) is 3.81. The van der Waals surface area contributed by atoms with E-state index in [0.717, 1.165) is 5.69 Å². The van der Waals surface area contributed by atoms with Crippen molar-refractivity contribution in [1.82, 2.24) is 9.88 Å². The number of nitrogens with zero attached hydrogens (tertiary/aromatic N) is 3. The Morgan fingerprint density at radius 1 is 1.67 bits per heavy atom. The zero-order valence-corrected chi connectivity index (χ0v) is 8.90. The van der Waals surface area contributed by atoms with E-state index in [4.69, 9.17) is 5.26 Å². The van der Waals surface area contributed by atoms with Gasteiger partial charge in [0.15, 0.2) is 0 Å². The zero-order chi connectivity index (χ0) is 11.3. The molecule has 0 atom stereocenters. The summed E-state index contributed by atoms with van der Waals surface area (Å²) in [7, 11) is 1.69. The van der Waals surface area contributed by atoms with Gasteiger partial charge in [-0.3, -0.25) is 9.78 Å². The first-order chi connectivity index (χ1) is 7.15. The Morgan fingerprint density at radius 2 is 2.40 bits per heavy atom. The van der Waals surface area contributed by atoms with Crippen molar-refractivity contribution in [3.05, 3.63) is 29.6 Å². The molecule has 0 saturated heterocycles. The molecule has 15 heavy (non-hydrogen) atoms. The summed E-state index contributed by atoms with van der Waals surface area (Å²) in [5.41, 5.74) is 1.43. The Bertz CT molecular complexity index is 395. The van der Waals surface area contributed by atoms with Crippen LogP contribution in [-0.2, 0) is 0 Å². The highest BCUT2D eigenvalue weighted by atomic mass is 16.2. The SMILES string of the molecule is Cc1cc(C(=O)N(C)CCC#N)ccn1. The van der Waals surface area contributed by atoms with Gasteiger partial charge in [-0.15, -0.1) is 0 Å². The van der Waals surface area contributed by atoms with E-state index in [2.05, 4.69) is 4.98 Å². The molecule has 0 unspecified atom stereocenters. The molecular formula is C11H13N3O. The lowest BCUT2D eigenvalue weighted by atomic mass is 10.2. The topological polar surface area (TPSA) is 57.0 Å². The molecule has 1 amide bonds. The normalized spacial score (nSPS) is 9.40. The highest BCUT2D eigenvalue weighted by molar-refractivity contribution is 5.94. The van der Waals surface area contributed by atoms with Gasteiger partial charge in [-0.1, -0.05) is 0 Å². The fourth-order valence-corrected chi connectivity index (χ4v) is 1.22. The summed E-state index contributed by atoms with van der Waals surface area (Å²) in [6, 6.07) is 5.43. The van der Waals surface area contributed by atoms with Crippen LogP contribution in [-0.4, -0.2) is 29.4 Å². The van der Waals surface area contributed by atoms with Gasteiger partial charge in [0.2, 0.25) is 0 Å². The van der Waals surface area contributed by atoms with E-state index in [-0.39, 0.29) is 5.91 Å². The number of hydrogen-bond acceptors (Lipinski definition) is 3. The molecule has 0 bridgehead atoms. The van der Waals surface area contributed by atoms with Crippen molar-refractivity contribution in [2.45, 2.75) is 13.3 Å². The van der Waals surface area contributed by atoms with Gasteiger partial charge in [0.05, 0.1) is 12.5 Å². The van der Waals surface area contributed by atoms with Crippen LogP contribution in [0.5, 0.6) is 0 Å². The number of nitriles is 1. The molecule has 0 N–H and O–H groups in total. The molecule has 0 spiro atoms. The van der Waals surface area contributed by atoms with Gasteiger partial charge in [0.25, 0.3) is 5.91 Å². The van der Waals surface area contributed by atoms with E-state index >= 15 is 0 Å². The summed E-state index contributed by atoms with van der Waals surface area (Å²) in [4.78, 5) is 17.4. The lowest BCUT2D eigenvalue weighted by Gasteiger charge is -2.15. The molecule has 0 aromatic carbocycles. The first-order valence-corrected chi connectivity index (χ1v) is 4.70. The fourth-order valence-electron chi connectivity index (χ4n) is 1.22. The Labute approximate surface area is 89.2 Å². The predicted octanol–water partition coefficient (Wildman–Crippen LogP) is 1.38. The Morgan fingerprint density at radius 3 is 3.00 bits per heavy atom. The summed E-state index contributed by atoms with van der Waals surface area (Å²) < 4.78 is 0. The maximum Gasteiger partial charge on any atom is 0.253 e. The minimum atomic E-state index is -0.0734. The van der Waals surface area contributed by atoms with Crippen molar-refractivity contribution in [2.75, 3.05) is 13.6 Å². The highest BCUT2D eigenvalue weighted by Gasteiger charge is 2.10. The van der Waals surface area contributed by atoms with E-state index < -0.39 is 0 Å². The van der Waals surface area contributed by atoms with E-state index in [1.54, 1.807) is 25.4 Å². The largest absolute Gasteiger partial charge is 0.341 e. The molecule has 4 nitrogen and oxygen atoms in total. The van der Waals surface area contributed by atoms with Crippen LogP contribution in [0.4, 0.5) is 0 Å². The van der Waals surface area contributed by atoms with Crippen molar-refractivity contribution in [1.29, 1.82) is 5.26 Å². The van der Waals surface area contributed by atoms with Crippen molar-refractivity contribution in [2.24, 2.45) is 0 Å². The standard InChI is InChI=1S/C11H13N3O/c1-9-8-10(4-6-13-9)11(15)14(2)7-3-5-12/h4,6,8H,3,7H2,1-2H3. The number of carbonyl (C=O) groups is 1. The van der Waals surface area contributed by atoms with Gasteiger partial charge in [0, 0.05) is 31.0 Å². The molecule has 0 aliphatic carbocycles. The van der Waals surface area contributed by atoms with Crippen LogP contribution in [0, 0.1) is 18.3 Å². The van der Waals surface area contributed by atoms with E-state index in [1.807, 2.05) is 13.0 Å². The molecule has 1 heterocycles. The number of aromatic nitrogens is 1. The maximum atomic E-state index is 11.8. The monoisotopic (exact) mass is 203 g/mol. The van der Waals surface area contributed by atoms with Crippen LogP contribution >= 0.6 is 0 Å². The van der Waals surface area contributed by atoms with Crippen LogP contribution in [0.2, 0.25) is 0 Å². The summed E-state index contributed by atoms with van der Waals surface area (Å²) in [6.45, 7) is 2.29. The summed E-state index contributed by atoms with van der Waals surface area (Å²) in [6.07, 6.45) is 1.97. The third kappa shape index (κ3) is 3.06.